The number of hydrogen-bond acceptors (Lipinski definition) is 2. The van der Waals surface area contributed by atoms with Crippen LogP contribution in [-0.4, -0.2) is 6.29 Å². The SMILES string of the molecule is O=CC(Cc1ccco1)c1cccc(F)c1. The Morgan fingerprint density at radius 1 is 1.31 bits per heavy atom. The highest BCUT2D eigenvalue weighted by molar-refractivity contribution is 5.62. The summed E-state index contributed by atoms with van der Waals surface area (Å²) in [5.74, 6) is 0.0343. The summed E-state index contributed by atoms with van der Waals surface area (Å²) in [6.45, 7) is 0. The Morgan fingerprint density at radius 3 is 2.81 bits per heavy atom. The van der Waals surface area contributed by atoms with Gasteiger partial charge in [-0.05, 0) is 29.8 Å². The number of hydrogen-bond donors (Lipinski definition) is 0. The molecule has 0 aliphatic rings. The molecule has 0 aliphatic heterocycles. The Hall–Kier alpha value is -1.90. The maximum absolute atomic E-state index is 13.0. The Kier molecular flexibility index (Phi) is 3.15. The molecule has 0 N–H and O–H groups in total. The van der Waals surface area contributed by atoms with Gasteiger partial charge in [-0.15, -0.1) is 0 Å². The second-order valence-corrected chi connectivity index (χ2v) is 3.58. The summed E-state index contributed by atoms with van der Waals surface area (Å²) in [6.07, 6.45) is 2.83. The van der Waals surface area contributed by atoms with E-state index >= 15 is 0 Å². The van der Waals surface area contributed by atoms with E-state index in [1.807, 2.05) is 0 Å². The van der Waals surface area contributed by atoms with Gasteiger partial charge in [-0.25, -0.2) is 4.39 Å². The molecular weight excluding hydrogens is 207 g/mol. The third kappa shape index (κ3) is 2.37. The van der Waals surface area contributed by atoms with Crippen LogP contribution < -0.4 is 0 Å². The average molecular weight is 218 g/mol. The molecule has 0 bridgehead atoms. The lowest BCUT2D eigenvalue weighted by atomic mass is 9.96. The minimum Gasteiger partial charge on any atom is -0.469 e. The van der Waals surface area contributed by atoms with E-state index in [0.717, 1.165) is 12.0 Å². The van der Waals surface area contributed by atoms with Crippen molar-refractivity contribution >= 4 is 6.29 Å². The van der Waals surface area contributed by atoms with Gasteiger partial charge in [-0.1, -0.05) is 12.1 Å². The first-order valence-corrected chi connectivity index (χ1v) is 5.03. The van der Waals surface area contributed by atoms with E-state index in [0.29, 0.717) is 12.0 Å². The number of rotatable bonds is 4. The van der Waals surface area contributed by atoms with Crippen LogP contribution in [0.4, 0.5) is 4.39 Å². The third-order valence-corrected chi connectivity index (χ3v) is 2.44. The van der Waals surface area contributed by atoms with Gasteiger partial charge in [-0.2, -0.15) is 0 Å². The fraction of sp³-hybridized carbons (Fsp3) is 0.154. The highest BCUT2D eigenvalue weighted by Crippen LogP contribution is 2.19. The summed E-state index contributed by atoms with van der Waals surface area (Å²) < 4.78 is 18.2. The Bertz CT molecular complexity index is 463. The highest BCUT2D eigenvalue weighted by Gasteiger charge is 2.13. The zero-order chi connectivity index (χ0) is 11.4. The van der Waals surface area contributed by atoms with Gasteiger partial charge in [0.2, 0.25) is 0 Å². The number of furan rings is 1. The molecule has 16 heavy (non-hydrogen) atoms. The van der Waals surface area contributed by atoms with E-state index in [2.05, 4.69) is 0 Å². The monoisotopic (exact) mass is 218 g/mol. The second kappa shape index (κ2) is 4.75. The van der Waals surface area contributed by atoms with E-state index in [9.17, 15) is 9.18 Å². The number of carbonyl (C=O) groups is 1. The van der Waals surface area contributed by atoms with Crippen molar-refractivity contribution in [3.8, 4) is 0 Å². The summed E-state index contributed by atoms with van der Waals surface area (Å²) in [7, 11) is 0. The molecule has 1 aromatic carbocycles. The zero-order valence-corrected chi connectivity index (χ0v) is 8.60. The van der Waals surface area contributed by atoms with Crippen LogP contribution in [0, 0.1) is 5.82 Å². The third-order valence-electron chi connectivity index (χ3n) is 2.44. The summed E-state index contributed by atoms with van der Waals surface area (Å²) in [4.78, 5) is 11.0. The fourth-order valence-corrected chi connectivity index (χ4v) is 1.63. The lowest BCUT2D eigenvalue weighted by molar-refractivity contribution is -0.109. The van der Waals surface area contributed by atoms with Gasteiger partial charge in [0.05, 0.1) is 6.26 Å². The molecule has 82 valence electrons. The Balaban J connectivity index is 2.19. The fourth-order valence-electron chi connectivity index (χ4n) is 1.63. The normalized spacial score (nSPS) is 12.3. The molecule has 1 unspecified atom stereocenters. The number of halogens is 1. The van der Waals surface area contributed by atoms with Crippen LogP contribution in [0.2, 0.25) is 0 Å². The van der Waals surface area contributed by atoms with Crippen molar-refractivity contribution in [3.63, 3.8) is 0 Å². The van der Waals surface area contributed by atoms with E-state index in [-0.39, 0.29) is 11.7 Å². The molecule has 0 amide bonds. The van der Waals surface area contributed by atoms with Crippen LogP contribution in [0.15, 0.2) is 47.1 Å². The molecule has 0 fully saturated rings. The average Bonchev–Trinajstić information content (AvgIpc) is 2.78. The minimum atomic E-state index is -0.359. The van der Waals surface area contributed by atoms with Crippen molar-refractivity contribution in [1.29, 1.82) is 0 Å². The molecule has 0 spiro atoms. The van der Waals surface area contributed by atoms with Gasteiger partial charge < -0.3 is 9.21 Å². The summed E-state index contributed by atoms with van der Waals surface area (Å²) in [6, 6.07) is 9.65. The van der Waals surface area contributed by atoms with Crippen molar-refractivity contribution in [3.05, 3.63) is 59.8 Å². The van der Waals surface area contributed by atoms with Gasteiger partial charge in [0.1, 0.15) is 17.9 Å². The Labute approximate surface area is 92.7 Å². The summed E-state index contributed by atoms with van der Waals surface area (Å²) >= 11 is 0. The molecule has 0 saturated heterocycles. The molecule has 3 heteroatoms. The maximum atomic E-state index is 13.0. The molecule has 1 aromatic heterocycles. The molecule has 1 heterocycles. The standard InChI is InChI=1S/C13H11FO2/c14-12-4-1-3-10(7-12)11(9-15)8-13-5-2-6-16-13/h1-7,9,11H,8H2. The smallest absolute Gasteiger partial charge is 0.127 e. The molecule has 0 saturated carbocycles. The van der Waals surface area contributed by atoms with Crippen LogP contribution in [0.3, 0.4) is 0 Å². The molecule has 2 nitrogen and oxygen atoms in total. The molecule has 2 aromatic rings. The van der Waals surface area contributed by atoms with E-state index in [1.54, 1.807) is 30.5 Å². The maximum Gasteiger partial charge on any atom is 0.127 e. The first-order chi connectivity index (χ1) is 7.79. The molecule has 2 rings (SSSR count). The highest BCUT2D eigenvalue weighted by atomic mass is 19.1. The second-order valence-electron chi connectivity index (χ2n) is 3.58. The first kappa shape index (κ1) is 10.6. The number of benzene rings is 1. The predicted molar refractivity (Wildman–Crippen MR) is 57.6 cm³/mol. The van der Waals surface area contributed by atoms with Crippen molar-refractivity contribution in [2.24, 2.45) is 0 Å². The van der Waals surface area contributed by atoms with Crippen LogP contribution in [-0.2, 0) is 11.2 Å². The Morgan fingerprint density at radius 2 is 2.19 bits per heavy atom. The summed E-state index contributed by atoms with van der Waals surface area (Å²) in [5, 5.41) is 0. The molecule has 0 radical (unpaired) electrons. The van der Waals surface area contributed by atoms with Crippen molar-refractivity contribution in [2.45, 2.75) is 12.3 Å². The van der Waals surface area contributed by atoms with Crippen LogP contribution in [0.1, 0.15) is 17.2 Å². The van der Waals surface area contributed by atoms with Gasteiger partial charge in [0.25, 0.3) is 0 Å². The lowest BCUT2D eigenvalue weighted by Crippen LogP contribution is -2.04. The van der Waals surface area contributed by atoms with Gasteiger partial charge >= 0.3 is 0 Å². The first-order valence-electron chi connectivity index (χ1n) is 5.03. The van der Waals surface area contributed by atoms with Crippen molar-refractivity contribution < 1.29 is 13.6 Å². The largest absolute Gasteiger partial charge is 0.469 e. The number of aldehydes is 1. The van der Waals surface area contributed by atoms with Crippen LogP contribution >= 0.6 is 0 Å². The summed E-state index contributed by atoms with van der Waals surface area (Å²) in [5.41, 5.74) is 0.673. The zero-order valence-electron chi connectivity index (χ0n) is 8.60. The van der Waals surface area contributed by atoms with E-state index in [1.165, 1.54) is 12.1 Å². The van der Waals surface area contributed by atoms with Gasteiger partial charge in [0, 0.05) is 12.3 Å². The van der Waals surface area contributed by atoms with Crippen LogP contribution in [0.5, 0.6) is 0 Å². The quantitative estimate of drug-likeness (QED) is 0.738. The van der Waals surface area contributed by atoms with Gasteiger partial charge in [-0.3, -0.25) is 0 Å². The van der Waals surface area contributed by atoms with Crippen molar-refractivity contribution in [1.82, 2.24) is 0 Å². The van der Waals surface area contributed by atoms with E-state index in [4.69, 9.17) is 4.42 Å². The molecule has 0 aliphatic carbocycles. The minimum absolute atomic E-state index is 0.330. The predicted octanol–water partition coefficient (Wildman–Crippen LogP) is 2.94. The van der Waals surface area contributed by atoms with E-state index < -0.39 is 0 Å². The van der Waals surface area contributed by atoms with Gasteiger partial charge in [0.15, 0.2) is 0 Å². The molecule has 1 atom stereocenters. The number of carbonyl (C=O) groups excluding carboxylic acids is 1. The van der Waals surface area contributed by atoms with Crippen LogP contribution in [0.25, 0.3) is 0 Å². The van der Waals surface area contributed by atoms with Crippen molar-refractivity contribution in [2.75, 3.05) is 0 Å². The molecular formula is C13H11FO2. The lowest BCUT2D eigenvalue weighted by Gasteiger charge is -2.08. The topological polar surface area (TPSA) is 30.2 Å².